The Kier molecular flexibility index (Phi) is 4.56. The van der Waals surface area contributed by atoms with E-state index in [-0.39, 0.29) is 0 Å². The van der Waals surface area contributed by atoms with Crippen LogP contribution in [0.1, 0.15) is 12.8 Å². The third-order valence-electron chi connectivity index (χ3n) is 4.74. The van der Waals surface area contributed by atoms with Gasteiger partial charge in [-0.3, -0.25) is 0 Å². The molecule has 2 aromatic heterocycles. The van der Waals surface area contributed by atoms with Crippen LogP contribution in [0.3, 0.4) is 0 Å². The minimum atomic E-state index is -3.39. The molecule has 0 aliphatic carbocycles. The van der Waals surface area contributed by atoms with Crippen LogP contribution in [-0.2, 0) is 10.0 Å². The molecule has 0 bridgehead atoms. The van der Waals surface area contributed by atoms with Crippen LogP contribution < -0.4 is 5.32 Å². The average molecular weight is 372 g/mol. The van der Waals surface area contributed by atoms with Crippen LogP contribution in [0.4, 0.5) is 5.82 Å². The van der Waals surface area contributed by atoms with Crippen molar-refractivity contribution in [3.8, 4) is 0 Å². The zero-order chi connectivity index (χ0) is 18.0. The highest BCUT2D eigenvalue weighted by molar-refractivity contribution is 7.89. The topological polar surface area (TPSA) is 104 Å². The van der Waals surface area contributed by atoms with Crippen molar-refractivity contribution in [2.24, 2.45) is 5.92 Å². The number of imidazole rings is 1. The summed E-state index contributed by atoms with van der Waals surface area (Å²) in [6, 6.07) is 8.62. The molecule has 0 saturated carbocycles. The van der Waals surface area contributed by atoms with Gasteiger partial charge in [-0.05, 0) is 30.9 Å². The molecule has 1 fully saturated rings. The van der Waals surface area contributed by atoms with E-state index in [1.807, 2.05) is 6.07 Å². The van der Waals surface area contributed by atoms with Gasteiger partial charge in [0.2, 0.25) is 10.0 Å². The Morgan fingerprint density at radius 3 is 2.65 bits per heavy atom. The summed E-state index contributed by atoms with van der Waals surface area (Å²) in [5, 5.41) is 3.34. The van der Waals surface area contributed by atoms with E-state index in [1.165, 1.54) is 6.33 Å². The lowest BCUT2D eigenvalue weighted by molar-refractivity contribution is 0.282. The van der Waals surface area contributed by atoms with Crippen LogP contribution in [-0.4, -0.2) is 52.3 Å². The average Bonchev–Trinajstić information content (AvgIpc) is 3.17. The van der Waals surface area contributed by atoms with Crippen molar-refractivity contribution < 1.29 is 8.42 Å². The molecule has 4 rings (SSSR count). The van der Waals surface area contributed by atoms with Crippen LogP contribution in [0.15, 0.2) is 47.9 Å². The van der Waals surface area contributed by atoms with E-state index in [0.717, 1.165) is 30.7 Å². The fraction of sp³-hybridized carbons (Fsp3) is 0.353. The maximum Gasteiger partial charge on any atom is 0.243 e. The van der Waals surface area contributed by atoms with Gasteiger partial charge in [-0.15, -0.1) is 0 Å². The summed E-state index contributed by atoms with van der Waals surface area (Å²) >= 11 is 0. The number of aromatic amines is 1. The minimum absolute atomic E-state index is 0.360. The summed E-state index contributed by atoms with van der Waals surface area (Å²) in [6.45, 7) is 1.81. The molecule has 1 aromatic carbocycles. The first-order chi connectivity index (χ1) is 12.6. The fourth-order valence-electron chi connectivity index (χ4n) is 3.24. The second-order valence-electron chi connectivity index (χ2n) is 6.36. The number of sulfonamides is 1. The summed E-state index contributed by atoms with van der Waals surface area (Å²) in [4.78, 5) is 15.9. The SMILES string of the molecule is O=S(=O)(c1ccccc1)N1CCC(CNc2ncnc3nc[nH]c23)CC1. The number of fused-ring (bicyclic) bond motifs is 1. The molecule has 3 aromatic rings. The van der Waals surface area contributed by atoms with Crippen molar-refractivity contribution >= 4 is 27.0 Å². The number of benzene rings is 1. The van der Waals surface area contributed by atoms with Gasteiger partial charge >= 0.3 is 0 Å². The van der Waals surface area contributed by atoms with Gasteiger partial charge in [0.15, 0.2) is 11.5 Å². The zero-order valence-corrected chi connectivity index (χ0v) is 15.0. The molecule has 0 amide bonds. The van der Waals surface area contributed by atoms with Gasteiger partial charge in [-0.1, -0.05) is 18.2 Å². The molecule has 0 spiro atoms. The highest BCUT2D eigenvalue weighted by Gasteiger charge is 2.29. The first kappa shape index (κ1) is 16.9. The molecular weight excluding hydrogens is 352 g/mol. The molecule has 1 aliphatic rings. The number of rotatable bonds is 5. The summed E-state index contributed by atoms with van der Waals surface area (Å²) < 4.78 is 26.9. The predicted molar refractivity (Wildman–Crippen MR) is 98.1 cm³/mol. The quantitative estimate of drug-likeness (QED) is 0.708. The van der Waals surface area contributed by atoms with E-state index in [2.05, 4.69) is 25.3 Å². The van der Waals surface area contributed by atoms with Crippen molar-refractivity contribution in [2.75, 3.05) is 25.0 Å². The van der Waals surface area contributed by atoms with E-state index in [1.54, 1.807) is 34.9 Å². The maximum atomic E-state index is 12.7. The Morgan fingerprint density at radius 2 is 1.88 bits per heavy atom. The molecule has 8 nitrogen and oxygen atoms in total. The molecule has 0 unspecified atom stereocenters. The van der Waals surface area contributed by atoms with E-state index in [9.17, 15) is 8.42 Å². The van der Waals surface area contributed by atoms with Crippen molar-refractivity contribution in [3.63, 3.8) is 0 Å². The first-order valence-corrected chi connectivity index (χ1v) is 10.0. The third-order valence-corrected chi connectivity index (χ3v) is 6.65. The number of nitrogens with zero attached hydrogens (tertiary/aromatic N) is 4. The lowest BCUT2D eigenvalue weighted by atomic mass is 9.98. The van der Waals surface area contributed by atoms with Crippen molar-refractivity contribution in [1.82, 2.24) is 24.2 Å². The Hall–Kier alpha value is -2.52. The smallest absolute Gasteiger partial charge is 0.243 e. The molecule has 1 saturated heterocycles. The van der Waals surface area contributed by atoms with Gasteiger partial charge in [0.1, 0.15) is 11.8 Å². The maximum absolute atomic E-state index is 12.7. The van der Waals surface area contributed by atoms with Crippen LogP contribution in [0, 0.1) is 5.92 Å². The summed E-state index contributed by atoms with van der Waals surface area (Å²) in [5.74, 6) is 1.12. The summed E-state index contributed by atoms with van der Waals surface area (Å²) in [5.41, 5.74) is 1.42. The van der Waals surface area contributed by atoms with E-state index in [4.69, 9.17) is 0 Å². The number of nitrogens with one attached hydrogen (secondary N) is 2. The van der Waals surface area contributed by atoms with Crippen molar-refractivity contribution in [1.29, 1.82) is 0 Å². The molecule has 2 N–H and O–H groups in total. The molecule has 26 heavy (non-hydrogen) atoms. The molecular formula is C17H20N6O2S. The van der Waals surface area contributed by atoms with E-state index < -0.39 is 10.0 Å². The highest BCUT2D eigenvalue weighted by Crippen LogP contribution is 2.24. The van der Waals surface area contributed by atoms with Crippen molar-refractivity contribution in [2.45, 2.75) is 17.7 Å². The van der Waals surface area contributed by atoms with Crippen LogP contribution >= 0.6 is 0 Å². The van der Waals surface area contributed by atoms with Gasteiger partial charge in [-0.2, -0.15) is 4.31 Å². The molecule has 0 radical (unpaired) electrons. The van der Waals surface area contributed by atoms with Gasteiger partial charge in [0.25, 0.3) is 0 Å². The number of aromatic nitrogens is 4. The number of anilines is 1. The first-order valence-electron chi connectivity index (χ1n) is 8.58. The highest BCUT2D eigenvalue weighted by atomic mass is 32.2. The Bertz CT molecular complexity index is 981. The lowest BCUT2D eigenvalue weighted by Gasteiger charge is -2.31. The lowest BCUT2D eigenvalue weighted by Crippen LogP contribution is -2.39. The Morgan fingerprint density at radius 1 is 1.12 bits per heavy atom. The Balaban J connectivity index is 1.36. The molecule has 9 heteroatoms. The van der Waals surface area contributed by atoms with E-state index in [0.29, 0.717) is 29.6 Å². The normalized spacial score (nSPS) is 16.8. The number of piperidine rings is 1. The third kappa shape index (κ3) is 3.27. The van der Waals surface area contributed by atoms with Crippen LogP contribution in [0.2, 0.25) is 0 Å². The molecule has 136 valence electrons. The van der Waals surface area contributed by atoms with Gasteiger partial charge in [-0.25, -0.2) is 23.4 Å². The number of H-pyrrole nitrogens is 1. The Labute approximate surface area is 151 Å². The largest absolute Gasteiger partial charge is 0.368 e. The molecule has 1 aliphatic heterocycles. The van der Waals surface area contributed by atoms with Crippen LogP contribution in [0.25, 0.3) is 11.2 Å². The summed E-state index contributed by atoms with van der Waals surface area (Å²) in [7, 11) is -3.39. The van der Waals surface area contributed by atoms with E-state index >= 15 is 0 Å². The van der Waals surface area contributed by atoms with Crippen molar-refractivity contribution in [3.05, 3.63) is 43.0 Å². The number of hydrogen-bond acceptors (Lipinski definition) is 6. The zero-order valence-electron chi connectivity index (χ0n) is 14.2. The molecule has 0 atom stereocenters. The monoisotopic (exact) mass is 372 g/mol. The number of hydrogen-bond donors (Lipinski definition) is 2. The molecule has 3 heterocycles. The van der Waals surface area contributed by atoms with Gasteiger partial charge in [0.05, 0.1) is 11.2 Å². The standard InChI is InChI=1S/C17H20N6O2S/c24-26(25,14-4-2-1-3-5-14)23-8-6-13(7-9-23)10-18-16-15-17(20-11-19-15)22-12-21-16/h1-5,11-13H,6-10H2,(H2,18,19,20,21,22). The van der Waals surface area contributed by atoms with Gasteiger partial charge in [0, 0.05) is 19.6 Å². The van der Waals surface area contributed by atoms with Gasteiger partial charge < -0.3 is 10.3 Å². The minimum Gasteiger partial charge on any atom is -0.368 e. The van der Waals surface area contributed by atoms with Crippen LogP contribution in [0.5, 0.6) is 0 Å². The fourth-order valence-corrected chi connectivity index (χ4v) is 4.73. The summed E-state index contributed by atoms with van der Waals surface area (Å²) in [6.07, 6.45) is 4.71. The predicted octanol–water partition coefficient (Wildman–Crippen LogP) is 1.87. The second-order valence-corrected chi connectivity index (χ2v) is 8.30. The second kappa shape index (κ2) is 7.00.